The third-order valence-electron chi connectivity index (χ3n) is 5.40. The number of amides is 1. The summed E-state index contributed by atoms with van der Waals surface area (Å²) in [6.45, 7) is 0.246. The quantitative estimate of drug-likeness (QED) is 0.219. The largest absolute Gasteiger partial charge is 0.487 e. The van der Waals surface area contributed by atoms with Gasteiger partial charge in [-0.2, -0.15) is 0 Å². The predicted molar refractivity (Wildman–Crippen MR) is 155 cm³/mol. The molecule has 1 saturated heterocycles. The number of halogens is 3. The van der Waals surface area contributed by atoms with E-state index >= 15 is 0 Å². The van der Waals surface area contributed by atoms with Gasteiger partial charge in [0.2, 0.25) is 0 Å². The highest BCUT2D eigenvalue weighted by molar-refractivity contribution is 8.19. The highest BCUT2D eigenvalue weighted by Crippen LogP contribution is 2.40. The SMILES string of the molecule is O=C1/C(=C\c2cc(Cl)cc(Cl)c2OCc2cccc(Cl)c2)SC(=Nc2ccccc2)N1c1ccccc1. The molecule has 0 spiro atoms. The number of carbonyl (C=O) groups is 1. The predicted octanol–water partition coefficient (Wildman–Crippen LogP) is 9.03. The van der Waals surface area contributed by atoms with Crippen LogP contribution in [0.1, 0.15) is 11.1 Å². The van der Waals surface area contributed by atoms with Crippen LogP contribution >= 0.6 is 46.6 Å². The summed E-state index contributed by atoms with van der Waals surface area (Å²) in [6, 6.07) is 29.6. The fourth-order valence-electron chi connectivity index (χ4n) is 3.73. The lowest BCUT2D eigenvalue weighted by atomic mass is 10.1. The average Bonchev–Trinajstić information content (AvgIpc) is 3.18. The number of hydrogen-bond acceptors (Lipinski definition) is 4. The van der Waals surface area contributed by atoms with E-state index in [1.807, 2.05) is 78.9 Å². The molecule has 0 radical (unpaired) electrons. The number of benzene rings is 4. The van der Waals surface area contributed by atoms with Crippen LogP contribution in [0.25, 0.3) is 6.08 Å². The van der Waals surface area contributed by atoms with E-state index in [-0.39, 0.29) is 12.5 Å². The Bertz CT molecular complexity index is 1510. The van der Waals surface area contributed by atoms with E-state index in [4.69, 9.17) is 44.5 Å². The Morgan fingerprint density at radius 2 is 1.57 bits per heavy atom. The molecule has 37 heavy (non-hydrogen) atoms. The van der Waals surface area contributed by atoms with Gasteiger partial charge in [-0.1, -0.05) is 83.3 Å². The molecular formula is C29H19Cl3N2O2S. The van der Waals surface area contributed by atoms with Crippen LogP contribution in [-0.2, 0) is 11.4 Å². The maximum atomic E-state index is 13.6. The second-order valence-corrected chi connectivity index (χ2v) is 10.3. The van der Waals surface area contributed by atoms with Crippen molar-refractivity contribution in [3.63, 3.8) is 0 Å². The molecule has 0 unspecified atom stereocenters. The number of amidine groups is 1. The molecule has 1 aliphatic heterocycles. The van der Waals surface area contributed by atoms with Crippen LogP contribution in [0.4, 0.5) is 11.4 Å². The summed E-state index contributed by atoms with van der Waals surface area (Å²) in [5, 5.41) is 1.93. The first-order chi connectivity index (χ1) is 18.0. The topological polar surface area (TPSA) is 41.9 Å². The first-order valence-electron chi connectivity index (χ1n) is 11.3. The van der Waals surface area contributed by atoms with Gasteiger partial charge < -0.3 is 4.74 Å². The van der Waals surface area contributed by atoms with Gasteiger partial charge in [0.05, 0.1) is 21.3 Å². The number of anilines is 1. The number of nitrogens with zero attached hydrogens (tertiary/aromatic N) is 2. The molecule has 4 aromatic carbocycles. The molecule has 1 heterocycles. The molecule has 4 nitrogen and oxygen atoms in total. The Balaban J connectivity index is 1.53. The van der Waals surface area contributed by atoms with E-state index in [1.54, 1.807) is 29.2 Å². The van der Waals surface area contributed by atoms with Gasteiger partial charge in [0.25, 0.3) is 5.91 Å². The molecule has 4 aromatic rings. The van der Waals surface area contributed by atoms with Crippen LogP contribution in [-0.4, -0.2) is 11.1 Å². The molecular weight excluding hydrogens is 547 g/mol. The van der Waals surface area contributed by atoms with E-state index in [0.717, 1.165) is 16.9 Å². The van der Waals surface area contributed by atoms with Crippen molar-refractivity contribution < 1.29 is 9.53 Å². The monoisotopic (exact) mass is 564 g/mol. The van der Waals surface area contributed by atoms with Gasteiger partial charge >= 0.3 is 0 Å². The van der Waals surface area contributed by atoms with E-state index in [0.29, 0.717) is 36.5 Å². The van der Waals surface area contributed by atoms with E-state index < -0.39 is 0 Å². The van der Waals surface area contributed by atoms with Crippen molar-refractivity contribution in [2.24, 2.45) is 4.99 Å². The maximum Gasteiger partial charge on any atom is 0.271 e. The summed E-state index contributed by atoms with van der Waals surface area (Å²) < 4.78 is 6.09. The van der Waals surface area contributed by atoms with Crippen molar-refractivity contribution in [1.29, 1.82) is 0 Å². The summed E-state index contributed by atoms with van der Waals surface area (Å²) in [5.74, 6) is 0.217. The van der Waals surface area contributed by atoms with Gasteiger partial charge in [-0.05, 0) is 71.9 Å². The van der Waals surface area contributed by atoms with E-state index in [2.05, 4.69) is 0 Å². The lowest BCUT2D eigenvalue weighted by Crippen LogP contribution is -2.28. The molecule has 184 valence electrons. The van der Waals surface area contributed by atoms with Crippen molar-refractivity contribution in [3.05, 3.63) is 128 Å². The molecule has 1 aliphatic rings. The molecule has 8 heteroatoms. The highest BCUT2D eigenvalue weighted by Gasteiger charge is 2.35. The Kier molecular flexibility index (Phi) is 7.87. The van der Waals surface area contributed by atoms with Crippen LogP contribution in [0.15, 0.2) is 107 Å². The number of ether oxygens (including phenoxy) is 1. The molecule has 5 rings (SSSR count). The number of rotatable bonds is 6. The highest BCUT2D eigenvalue weighted by atomic mass is 35.5. The van der Waals surface area contributed by atoms with E-state index in [1.165, 1.54) is 11.8 Å². The zero-order chi connectivity index (χ0) is 25.8. The molecule has 0 N–H and O–H groups in total. The standard InChI is InChI=1S/C29H19Cl3N2O2S/c30-21-9-7-8-19(14-21)18-36-27-20(15-22(31)17-25(27)32)16-26-28(35)34(24-12-5-2-6-13-24)29(37-26)33-23-10-3-1-4-11-23/h1-17H,18H2/b26-16+,33-29?. The van der Waals surface area contributed by atoms with Crippen LogP contribution in [0.5, 0.6) is 5.75 Å². The second-order valence-electron chi connectivity index (χ2n) is 8.04. The van der Waals surface area contributed by atoms with Gasteiger partial charge in [0.1, 0.15) is 12.4 Å². The van der Waals surface area contributed by atoms with Crippen molar-refractivity contribution in [2.45, 2.75) is 6.61 Å². The summed E-state index contributed by atoms with van der Waals surface area (Å²) in [4.78, 5) is 20.5. The Morgan fingerprint density at radius 3 is 2.30 bits per heavy atom. The molecule has 0 bridgehead atoms. The van der Waals surface area contributed by atoms with Crippen LogP contribution in [0.2, 0.25) is 15.1 Å². The normalized spacial score (nSPS) is 15.5. The number of hydrogen-bond donors (Lipinski definition) is 0. The fraction of sp³-hybridized carbons (Fsp3) is 0.0345. The van der Waals surface area contributed by atoms with Gasteiger partial charge in [0, 0.05) is 15.6 Å². The average molecular weight is 566 g/mol. The lowest BCUT2D eigenvalue weighted by molar-refractivity contribution is -0.113. The van der Waals surface area contributed by atoms with E-state index in [9.17, 15) is 4.79 Å². The minimum atomic E-state index is -0.206. The summed E-state index contributed by atoms with van der Waals surface area (Å²) in [7, 11) is 0. The molecule has 0 atom stereocenters. The number of para-hydroxylation sites is 2. The smallest absolute Gasteiger partial charge is 0.271 e. The van der Waals surface area contributed by atoms with Gasteiger partial charge in [-0.3, -0.25) is 9.69 Å². The van der Waals surface area contributed by atoms with Gasteiger partial charge in [-0.15, -0.1) is 0 Å². The van der Waals surface area contributed by atoms with Crippen molar-refractivity contribution >= 4 is 75.1 Å². The van der Waals surface area contributed by atoms with Gasteiger partial charge in [-0.25, -0.2) is 4.99 Å². The molecule has 1 fully saturated rings. The lowest BCUT2D eigenvalue weighted by Gasteiger charge is -2.15. The van der Waals surface area contributed by atoms with Gasteiger partial charge in [0.15, 0.2) is 5.17 Å². The maximum absolute atomic E-state index is 13.6. The van der Waals surface area contributed by atoms with Crippen molar-refractivity contribution in [2.75, 3.05) is 4.90 Å². The fourth-order valence-corrected chi connectivity index (χ4v) is 5.50. The van der Waals surface area contributed by atoms with Crippen LogP contribution in [0.3, 0.4) is 0 Å². The Morgan fingerprint density at radius 1 is 0.838 bits per heavy atom. The molecule has 1 amide bonds. The first kappa shape index (κ1) is 25.4. The zero-order valence-electron chi connectivity index (χ0n) is 19.3. The first-order valence-corrected chi connectivity index (χ1v) is 13.2. The number of thioether (sulfide) groups is 1. The van der Waals surface area contributed by atoms with Crippen molar-refractivity contribution in [1.82, 2.24) is 0 Å². The number of aliphatic imine (C=N–C) groups is 1. The summed E-state index contributed by atoms with van der Waals surface area (Å²) >= 11 is 20.2. The number of carbonyl (C=O) groups excluding carboxylic acids is 1. The molecule has 0 saturated carbocycles. The van der Waals surface area contributed by atoms with Crippen LogP contribution < -0.4 is 9.64 Å². The Labute approximate surface area is 234 Å². The third-order valence-corrected chi connectivity index (χ3v) is 7.10. The summed E-state index contributed by atoms with van der Waals surface area (Å²) in [5.41, 5.74) is 2.94. The molecule has 0 aromatic heterocycles. The zero-order valence-corrected chi connectivity index (χ0v) is 22.4. The molecule has 0 aliphatic carbocycles. The second kappa shape index (κ2) is 11.4. The minimum Gasteiger partial charge on any atom is -0.487 e. The minimum absolute atomic E-state index is 0.206. The van der Waals surface area contributed by atoms with Crippen LogP contribution in [0, 0.1) is 0 Å². The van der Waals surface area contributed by atoms with Crippen molar-refractivity contribution in [3.8, 4) is 5.75 Å². The Hall–Kier alpha value is -3.22. The third kappa shape index (κ3) is 6.03. The summed E-state index contributed by atoms with van der Waals surface area (Å²) in [6.07, 6.45) is 1.74.